The van der Waals surface area contributed by atoms with Crippen LogP contribution in [0.1, 0.15) is 90.2 Å². The number of aryl methyl sites for hydroxylation is 2. The summed E-state index contributed by atoms with van der Waals surface area (Å²) in [5, 5.41) is 3.27. The highest BCUT2D eigenvalue weighted by Gasteiger charge is 2.20. The number of rotatable bonds is 18. The summed E-state index contributed by atoms with van der Waals surface area (Å²) in [6.07, 6.45) is 8.60. The lowest BCUT2D eigenvalue weighted by Crippen LogP contribution is -2.20. The molecule has 0 amide bonds. The summed E-state index contributed by atoms with van der Waals surface area (Å²) in [5.41, 5.74) is 2.19. The van der Waals surface area contributed by atoms with E-state index >= 15 is 0 Å². The monoisotopic (exact) mass is 578 g/mol. The Morgan fingerprint density at radius 3 is 1.40 bits per heavy atom. The normalized spacial score (nSPS) is 12.7. The molecular weight excluding hydrogens is 528 g/mol. The number of hydrogen-bond donors (Lipinski definition) is 0. The van der Waals surface area contributed by atoms with Gasteiger partial charge >= 0.3 is 11.9 Å². The Hall–Kier alpha value is -3.28. The van der Waals surface area contributed by atoms with Crippen molar-refractivity contribution in [3.05, 3.63) is 47.5 Å². The Kier molecular flexibility index (Phi) is 13.4. The second kappa shape index (κ2) is 17.0. The number of esters is 2. The van der Waals surface area contributed by atoms with Crippen molar-refractivity contribution in [2.75, 3.05) is 26.4 Å². The first-order valence-corrected chi connectivity index (χ1v) is 15.8. The number of unbranched alkanes of at least 4 members (excludes halogenated alkanes) is 2. The van der Waals surface area contributed by atoms with Crippen LogP contribution in [0.15, 0.2) is 36.4 Å². The largest absolute Gasteiger partial charge is 0.481 e. The highest BCUT2D eigenvalue weighted by molar-refractivity contribution is 6.11. The predicted molar refractivity (Wildman–Crippen MR) is 170 cm³/mol. The molecule has 2 unspecified atom stereocenters. The quantitative estimate of drug-likeness (QED) is 0.111. The minimum atomic E-state index is -0.376. The lowest BCUT2D eigenvalue weighted by molar-refractivity contribution is -0.148. The zero-order valence-electron chi connectivity index (χ0n) is 26.6. The van der Waals surface area contributed by atoms with Crippen LogP contribution in [0.2, 0.25) is 0 Å². The van der Waals surface area contributed by atoms with Crippen LogP contribution < -0.4 is 9.47 Å². The second-order valence-corrected chi connectivity index (χ2v) is 11.5. The molecule has 230 valence electrons. The standard InChI is InChI=1S/C36H50O6/c1-7-11-15-27(9-3)21-39-33(37)23-41-35-29-17-13-14-18-30(29)36(32-20-26(6)25(5)19-31(32)35)42-24-34(38)40-22-28(10-4)16-12-8-2/h13-14,17-20,27-28H,7-12,15-16,21-24H2,1-6H3. The number of carbonyl (C=O) groups is 2. The third-order valence-corrected chi connectivity index (χ3v) is 8.25. The van der Waals surface area contributed by atoms with E-state index in [9.17, 15) is 9.59 Å². The van der Waals surface area contributed by atoms with Crippen LogP contribution in [-0.4, -0.2) is 38.4 Å². The molecule has 3 aromatic carbocycles. The predicted octanol–water partition coefficient (Wildman–Crippen LogP) is 8.89. The molecule has 0 aliphatic rings. The van der Waals surface area contributed by atoms with Gasteiger partial charge < -0.3 is 18.9 Å². The third kappa shape index (κ3) is 9.11. The van der Waals surface area contributed by atoms with E-state index in [0.717, 1.165) is 84.0 Å². The Balaban J connectivity index is 1.83. The van der Waals surface area contributed by atoms with Crippen molar-refractivity contribution in [2.24, 2.45) is 11.8 Å². The molecule has 6 nitrogen and oxygen atoms in total. The van der Waals surface area contributed by atoms with Gasteiger partial charge in [0.25, 0.3) is 0 Å². The third-order valence-electron chi connectivity index (χ3n) is 8.25. The highest BCUT2D eigenvalue weighted by Crippen LogP contribution is 2.43. The van der Waals surface area contributed by atoms with Crippen LogP contribution in [0.4, 0.5) is 0 Å². The van der Waals surface area contributed by atoms with Crippen LogP contribution in [0, 0.1) is 25.7 Å². The SMILES string of the molecule is CCCCC(CC)COC(=O)COc1c2ccccc2c(OCC(=O)OCC(CC)CCCC)c2cc(C)c(C)cc12. The first-order valence-electron chi connectivity index (χ1n) is 15.8. The van der Waals surface area contributed by atoms with Crippen molar-refractivity contribution in [3.63, 3.8) is 0 Å². The molecule has 0 heterocycles. The maximum Gasteiger partial charge on any atom is 0.344 e. The van der Waals surface area contributed by atoms with E-state index in [-0.39, 0.29) is 25.2 Å². The van der Waals surface area contributed by atoms with E-state index in [1.54, 1.807) is 0 Å². The topological polar surface area (TPSA) is 71.1 Å². The van der Waals surface area contributed by atoms with Gasteiger partial charge in [-0.25, -0.2) is 9.59 Å². The number of carbonyl (C=O) groups excluding carboxylic acids is 2. The summed E-state index contributed by atoms with van der Waals surface area (Å²) in [7, 11) is 0. The van der Waals surface area contributed by atoms with Gasteiger partial charge in [-0.1, -0.05) is 90.5 Å². The lowest BCUT2D eigenvalue weighted by atomic mass is 9.96. The number of benzene rings is 3. The van der Waals surface area contributed by atoms with Gasteiger partial charge in [0.15, 0.2) is 13.2 Å². The summed E-state index contributed by atoms with van der Waals surface area (Å²) in [6.45, 7) is 13.2. The van der Waals surface area contributed by atoms with E-state index in [1.807, 2.05) is 38.1 Å². The van der Waals surface area contributed by atoms with Gasteiger partial charge in [0.1, 0.15) is 11.5 Å². The van der Waals surface area contributed by atoms with Gasteiger partial charge in [-0.2, -0.15) is 0 Å². The molecule has 0 aliphatic carbocycles. The first-order chi connectivity index (χ1) is 20.3. The molecule has 0 radical (unpaired) electrons. The van der Waals surface area contributed by atoms with Gasteiger partial charge in [-0.05, 0) is 61.8 Å². The van der Waals surface area contributed by atoms with Crippen molar-refractivity contribution in [1.29, 1.82) is 0 Å². The highest BCUT2D eigenvalue weighted by atomic mass is 16.6. The molecule has 3 aromatic rings. The smallest absolute Gasteiger partial charge is 0.344 e. The summed E-state index contributed by atoms with van der Waals surface area (Å²) in [4.78, 5) is 25.4. The fourth-order valence-electron chi connectivity index (χ4n) is 5.24. The summed E-state index contributed by atoms with van der Waals surface area (Å²) >= 11 is 0. The maximum atomic E-state index is 12.7. The number of hydrogen-bond acceptors (Lipinski definition) is 6. The van der Waals surface area contributed by atoms with E-state index < -0.39 is 0 Å². The molecule has 42 heavy (non-hydrogen) atoms. The van der Waals surface area contributed by atoms with Gasteiger partial charge in [0, 0.05) is 21.5 Å². The molecule has 6 heteroatoms. The van der Waals surface area contributed by atoms with Crippen molar-refractivity contribution in [2.45, 2.75) is 92.9 Å². The van der Waals surface area contributed by atoms with Crippen LogP contribution >= 0.6 is 0 Å². The van der Waals surface area contributed by atoms with Gasteiger partial charge in [0.05, 0.1) is 13.2 Å². The van der Waals surface area contributed by atoms with E-state index in [4.69, 9.17) is 18.9 Å². The number of ether oxygens (including phenoxy) is 4. The molecule has 0 N–H and O–H groups in total. The van der Waals surface area contributed by atoms with E-state index in [2.05, 4.69) is 39.8 Å². The zero-order valence-corrected chi connectivity index (χ0v) is 26.6. The maximum absolute atomic E-state index is 12.7. The van der Waals surface area contributed by atoms with Crippen LogP contribution in [0.3, 0.4) is 0 Å². The molecule has 0 saturated carbocycles. The Bertz CT molecular complexity index is 1210. The molecule has 3 rings (SSSR count). The van der Waals surface area contributed by atoms with Crippen LogP contribution in [-0.2, 0) is 19.1 Å². The molecule has 0 bridgehead atoms. The van der Waals surface area contributed by atoms with Crippen molar-refractivity contribution in [1.82, 2.24) is 0 Å². The van der Waals surface area contributed by atoms with E-state index in [1.165, 1.54) is 0 Å². The Labute approximate surface area is 252 Å². The average molecular weight is 579 g/mol. The van der Waals surface area contributed by atoms with Gasteiger partial charge in [-0.3, -0.25) is 0 Å². The molecule has 0 fully saturated rings. The van der Waals surface area contributed by atoms with Crippen LogP contribution in [0.25, 0.3) is 21.5 Å². The minimum absolute atomic E-state index is 0.181. The second-order valence-electron chi connectivity index (χ2n) is 11.5. The van der Waals surface area contributed by atoms with Crippen molar-refractivity contribution < 1.29 is 28.5 Å². The first kappa shape index (κ1) is 33.2. The summed E-state index contributed by atoms with van der Waals surface area (Å²) < 4.78 is 23.6. The van der Waals surface area contributed by atoms with Crippen molar-refractivity contribution in [3.8, 4) is 11.5 Å². The van der Waals surface area contributed by atoms with Gasteiger partial charge in [0.2, 0.25) is 0 Å². The van der Waals surface area contributed by atoms with Crippen molar-refractivity contribution >= 4 is 33.5 Å². The fraction of sp³-hybridized carbons (Fsp3) is 0.556. The van der Waals surface area contributed by atoms with Gasteiger partial charge in [-0.15, -0.1) is 0 Å². The fourth-order valence-corrected chi connectivity index (χ4v) is 5.24. The van der Waals surface area contributed by atoms with Crippen LogP contribution in [0.5, 0.6) is 11.5 Å². The lowest BCUT2D eigenvalue weighted by Gasteiger charge is -2.19. The molecule has 0 aromatic heterocycles. The average Bonchev–Trinajstić information content (AvgIpc) is 2.99. The molecular formula is C36H50O6. The van der Waals surface area contributed by atoms with E-state index in [0.29, 0.717) is 36.5 Å². The zero-order chi connectivity index (χ0) is 30.5. The number of fused-ring (bicyclic) bond motifs is 2. The molecule has 2 atom stereocenters. The minimum Gasteiger partial charge on any atom is -0.481 e. The summed E-state index contributed by atoms with van der Waals surface area (Å²) in [6, 6.07) is 11.9. The molecule has 0 saturated heterocycles. The Morgan fingerprint density at radius 1 is 0.643 bits per heavy atom. The Morgan fingerprint density at radius 2 is 1.05 bits per heavy atom. The summed E-state index contributed by atoms with van der Waals surface area (Å²) in [5.74, 6) is 1.20. The molecule has 0 aliphatic heterocycles. The molecule has 0 spiro atoms.